The Morgan fingerprint density at radius 3 is 3.04 bits per heavy atom. The molecular weight excluding hydrogens is 331 g/mol. The summed E-state index contributed by atoms with van der Waals surface area (Å²) in [5.41, 5.74) is 0.899. The van der Waals surface area contributed by atoms with E-state index in [2.05, 4.69) is 10.3 Å². The van der Waals surface area contributed by atoms with Gasteiger partial charge >= 0.3 is 7.12 Å². The van der Waals surface area contributed by atoms with Crippen LogP contribution in [0.3, 0.4) is 0 Å². The predicted molar refractivity (Wildman–Crippen MR) is 88.3 cm³/mol. The molecular formula is C15H17BN2O5S. The van der Waals surface area contributed by atoms with Crippen LogP contribution in [0.15, 0.2) is 29.8 Å². The Morgan fingerprint density at radius 2 is 2.33 bits per heavy atom. The first-order valence-electron chi connectivity index (χ1n) is 7.55. The topological polar surface area (TPSA) is 112 Å². The summed E-state index contributed by atoms with van der Waals surface area (Å²) in [7, 11) is -1.25. The molecule has 1 aromatic heterocycles. The Balaban J connectivity index is 1.63. The zero-order chi connectivity index (χ0) is 17.1. The van der Waals surface area contributed by atoms with E-state index in [0.717, 1.165) is 5.01 Å². The van der Waals surface area contributed by atoms with Crippen molar-refractivity contribution in [2.75, 3.05) is 0 Å². The molecule has 2 aromatic rings. The highest BCUT2D eigenvalue weighted by Crippen LogP contribution is 2.32. The van der Waals surface area contributed by atoms with Gasteiger partial charge in [0.2, 0.25) is 5.91 Å². The van der Waals surface area contributed by atoms with Crippen molar-refractivity contribution in [2.24, 2.45) is 0 Å². The molecule has 0 aliphatic carbocycles. The van der Waals surface area contributed by atoms with E-state index in [4.69, 9.17) is 4.65 Å². The number of nitrogens with zero attached hydrogens (tertiary/aromatic N) is 1. The molecule has 0 saturated heterocycles. The van der Waals surface area contributed by atoms with E-state index in [1.807, 2.05) is 5.38 Å². The quantitative estimate of drug-likeness (QED) is 0.454. The van der Waals surface area contributed by atoms with E-state index in [-0.39, 0.29) is 23.6 Å². The minimum atomic E-state index is -1.68. The smallest absolute Gasteiger partial charge is 0.534 e. The van der Waals surface area contributed by atoms with Crippen molar-refractivity contribution in [1.82, 2.24) is 10.3 Å². The second-order valence-electron chi connectivity index (χ2n) is 5.52. The lowest BCUT2D eigenvalue weighted by atomic mass is 9.72. The molecule has 126 valence electrons. The molecule has 1 aromatic carbocycles. The molecule has 24 heavy (non-hydrogen) atoms. The van der Waals surface area contributed by atoms with Crippen molar-refractivity contribution >= 4 is 24.4 Å². The molecule has 2 heterocycles. The van der Waals surface area contributed by atoms with Crippen molar-refractivity contribution in [2.45, 2.75) is 31.5 Å². The van der Waals surface area contributed by atoms with Crippen molar-refractivity contribution in [3.05, 3.63) is 45.9 Å². The van der Waals surface area contributed by atoms with Gasteiger partial charge in [0.1, 0.15) is 5.75 Å². The summed E-state index contributed by atoms with van der Waals surface area (Å²) < 4.78 is 5.40. The summed E-state index contributed by atoms with van der Waals surface area (Å²) in [6, 6.07) is 4.96. The molecule has 1 atom stereocenters. The summed E-state index contributed by atoms with van der Waals surface area (Å²) in [6.07, 6.45) is 1.18. The number of benzene rings is 1. The van der Waals surface area contributed by atoms with Crippen molar-refractivity contribution in [3.8, 4) is 5.75 Å². The van der Waals surface area contributed by atoms with Crippen LogP contribution in [0.5, 0.6) is 5.75 Å². The number of nitrogens with one attached hydrogen (secondary N) is 1. The average molecular weight is 348 g/mol. The van der Waals surface area contributed by atoms with E-state index in [0.29, 0.717) is 18.4 Å². The van der Waals surface area contributed by atoms with E-state index in [1.165, 1.54) is 17.4 Å². The number of rotatable bonds is 5. The van der Waals surface area contributed by atoms with Gasteiger partial charge in [-0.05, 0) is 12.0 Å². The third-order valence-electron chi connectivity index (χ3n) is 3.82. The average Bonchev–Trinajstić information content (AvgIpc) is 3.06. The predicted octanol–water partition coefficient (Wildman–Crippen LogP) is 0.199. The Labute approximate surface area is 143 Å². The van der Waals surface area contributed by atoms with Gasteiger partial charge in [-0.1, -0.05) is 18.2 Å². The number of hydrogen-bond donors (Lipinski definition) is 4. The number of carbonyl (C=O) groups excluding carboxylic acids is 1. The van der Waals surface area contributed by atoms with E-state index >= 15 is 0 Å². The Bertz CT molecular complexity index is 710. The van der Waals surface area contributed by atoms with Crippen molar-refractivity contribution in [3.63, 3.8) is 0 Å². The second kappa shape index (κ2) is 7.31. The highest BCUT2D eigenvalue weighted by atomic mass is 32.1. The van der Waals surface area contributed by atoms with Gasteiger partial charge in [-0.2, -0.15) is 0 Å². The SMILES string of the molecule is O=C(CCc1nccs1)N[C@H]1Cc2cccc(C(O)O)c2OB1O. The summed E-state index contributed by atoms with van der Waals surface area (Å²) in [5, 5.41) is 34.3. The number of aliphatic hydroxyl groups is 2. The Hall–Kier alpha value is -1.94. The largest absolute Gasteiger partial charge is 0.547 e. The summed E-state index contributed by atoms with van der Waals surface area (Å²) in [5.74, 6) is -0.527. The first-order valence-corrected chi connectivity index (χ1v) is 8.43. The standard InChI is InChI=1S/C15H17BN2O5S/c19-12(4-5-13-17-6-7-24-13)18-11-8-9-2-1-3-10(15(20)21)14(9)23-16(11)22/h1-3,6-7,11,15,20-22H,4-5,8H2,(H,18,19)/t11-/m0/s1. The highest BCUT2D eigenvalue weighted by molar-refractivity contribution is 7.09. The van der Waals surface area contributed by atoms with Crippen molar-refractivity contribution < 1.29 is 24.7 Å². The number of fused-ring (bicyclic) bond motifs is 1. The molecule has 0 bridgehead atoms. The summed E-state index contributed by atoms with van der Waals surface area (Å²) in [6.45, 7) is 0. The zero-order valence-electron chi connectivity index (χ0n) is 12.8. The monoisotopic (exact) mass is 348 g/mol. The second-order valence-corrected chi connectivity index (χ2v) is 6.50. The first kappa shape index (κ1) is 16.9. The maximum Gasteiger partial charge on any atom is 0.547 e. The molecule has 9 heteroatoms. The third-order valence-corrected chi connectivity index (χ3v) is 4.66. The van der Waals surface area contributed by atoms with E-state index in [1.54, 1.807) is 18.3 Å². The minimum absolute atomic E-state index is 0.195. The van der Waals surface area contributed by atoms with E-state index in [9.17, 15) is 20.0 Å². The Kier molecular flexibility index (Phi) is 5.15. The molecule has 1 aliphatic rings. The molecule has 0 fully saturated rings. The first-order chi connectivity index (χ1) is 11.5. The fraction of sp³-hybridized carbons (Fsp3) is 0.333. The van der Waals surface area contributed by atoms with Crippen LogP contribution in [0, 0.1) is 0 Å². The van der Waals surface area contributed by atoms with Crippen LogP contribution in [-0.4, -0.2) is 39.2 Å². The number of hydrogen-bond acceptors (Lipinski definition) is 7. The summed E-state index contributed by atoms with van der Waals surface area (Å²) >= 11 is 1.49. The fourth-order valence-electron chi connectivity index (χ4n) is 2.65. The lowest BCUT2D eigenvalue weighted by molar-refractivity contribution is -0.121. The van der Waals surface area contributed by atoms with Gasteiger partial charge in [0.15, 0.2) is 6.29 Å². The third kappa shape index (κ3) is 3.76. The normalized spacial score (nSPS) is 16.7. The Morgan fingerprint density at radius 1 is 1.50 bits per heavy atom. The van der Waals surface area contributed by atoms with Gasteiger partial charge in [0.05, 0.1) is 10.9 Å². The molecule has 3 rings (SSSR count). The fourth-order valence-corrected chi connectivity index (χ4v) is 3.27. The van der Waals surface area contributed by atoms with Crippen LogP contribution < -0.4 is 9.97 Å². The number of aryl methyl sites for hydroxylation is 1. The number of para-hydroxylation sites is 1. The molecule has 1 aliphatic heterocycles. The number of amides is 1. The van der Waals surface area contributed by atoms with Crippen LogP contribution in [-0.2, 0) is 17.6 Å². The summed E-state index contributed by atoms with van der Waals surface area (Å²) in [4.78, 5) is 16.2. The van der Waals surface area contributed by atoms with Crippen LogP contribution in [0.4, 0.5) is 0 Å². The van der Waals surface area contributed by atoms with Crippen LogP contribution in [0.1, 0.15) is 28.8 Å². The molecule has 0 saturated carbocycles. The number of carbonyl (C=O) groups is 1. The van der Waals surface area contributed by atoms with Gasteiger partial charge < -0.3 is 25.2 Å². The van der Waals surface area contributed by atoms with Crippen molar-refractivity contribution in [1.29, 1.82) is 0 Å². The van der Waals surface area contributed by atoms with Gasteiger partial charge in [-0.25, -0.2) is 4.98 Å². The number of thiazole rings is 1. The van der Waals surface area contributed by atoms with Gasteiger partial charge in [-0.15, -0.1) is 11.3 Å². The van der Waals surface area contributed by atoms with Crippen LogP contribution in [0.2, 0.25) is 0 Å². The van der Waals surface area contributed by atoms with Crippen LogP contribution >= 0.6 is 11.3 Å². The van der Waals surface area contributed by atoms with Gasteiger partial charge in [-0.3, -0.25) is 4.79 Å². The lowest BCUT2D eigenvalue weighted by Crippen LogP contribution is -2.53. The molecule has 0 spiro atoms. The number of aromatic nitrogens is 1. The molecule has 1 amide bonds. The van der Waals surface area contributed by atoms with E-state index < -0.39 is 19.3 Å². The number of aliphatic hydroxyl groups excluding tert-OH is 1. The minimum Gasteiger partial charge on any atom is -0.534 e. The molecule has 7 nitrogen and oxygen atoms in total. The maximum absolute atomic E-state index is 12.1. The molecule has 0 unspecified atom stereocenters. The molecule has 0 radical (unpaired) electrons. The highest BCUT2D eigenvalue weighted by Gasteiger charge is 2.37. The lowest BCUT2D eigenvalue weighted by Gasteiger charge is -2.29. The van der Waals surface area contributed by atoms with Crippen LogP contribution in [0.25, 0.3) is 0 Å². The zero-order valence-corrected chi connectivity index (χ0v) is 13.6. The van der Waals surface area contributed by atoms with Gasteiger partial charge in [0.25, 0.3) is 0 Å². The van der Waals surface area contributed by atoms with Gasteiger partial charge in [0, 0.05) is 30.0 Å². The maximum atomic E-state index is 12.1. The molecule has 4 N–H and O–H groups in total.